The summed E-state index contributed by atoms with van der Waals surface area (Å²) in [7, 11) is 1.78. The van der Waals surface area contributed by atoms with Crippen LogP contribution >= 0.6 is 0 Å². The van der Waals surface area contributed by atoms with Gasteiger partial charge in [0.1, 0.15) is 5.75 Å². The second-order valence-corrected chi connectivity index (χ2v) is 7.10. The second-order valence-electron chi connectivity index (χ2n) is 7.10. The number of methoxy groups -OCH3 is 1. The molecule has 0 bridgehead atoms. The maximum atomic E-state index is 5.63. The van der Waals surface area contributed by atoms with Crippen molar-refractivity contribution >= 4 is 5.57 Å². The fourth-order valence-electron chi connectivity index (χ4n) is 4.54. The van der Waals surface area contributed by atoms with Crippen molar-refractivity contribution in [2.24, 2.45) is 0 Å². The number of rotatable bonds is 4. The van der Waals surface area contributed by atoms with Gasteiger partial charge in [0, 0.05) is 24.7 Å². The Morgan fingerprint density at radius 2 is 1.88 bits per heavy atom. The first kappa shape index (κ1) is 16.4. The Hall–Kier alpha value is -2.06. The van der Waals surface area contributed by atoms with Crippen LogP contribution in [0.25, 0.3) is 5.57 Å². The molecular weight excluding hydrogens is 306 g/mol. The third kappa shape index (κ3) is 3.00. The van der Waals surface area contributed by atoms with Gasteiger partial charge in [0.05, 0.1) is 7.11 Å². The zero-order valence-electron chi connectivity index (χ0n) is 15.3. The Bertz CT molecular complexity index is 792. The van der Waals surface area contributed by atoms with E-state index >= 15 is 0 Å². The summed E-state index contributed by atoms with van der Waals surface area (Å²) in [5, 5.41) is 0. The van der Waals surface area contributed by atoms with E-state index in [9.17, 15) is 0 Å². The van der Waals surface area contributed by atoms with Gasteiger partial charge in [0.15, 0.2) is 0 Å². The van der Waals surface area contributed by atoms with Crippen LogP contribution in [0.5, 0.6) is 5.75 Å². The van der Waals surface area contributed by atoms with Crippen LogP contribution < -0.4 is 4.74 Å². The molecule has 2 aliphatic rings. The second kappa shape index (κ2) is 7.05. The van der Waals surface area contributed by atoms with Gasteiger partial charge < -0.3 is 4.74 Å². The minimum Gasteiger partial charge on any atom is -0.496 e. The molecule has 2 aromatic carbocycles. The Kier molecular flexibility index (Phi) is 4.63. The van der Waals surface area contributed by atoms with Crippen LogP contribution in [0.3, 0.4) is 0 Å². The van der Waals surface area contributed by atoms with Crippen molar-refractivity contribution in [2.75, 3.05) is 13.7 Å². The maximum Gasteiger partial charge on any atom is 0.122 e. The Morgan fingerprint density at radius 1 is 1.04 bits per heavy atom. The molecule has 130 valence electrons. The third-order valence-corrected chi connectivity index (χ3v) is 5.77. The fraction of sp³-hybridized carbons (Fsp3) is 0.391. The summed E-state index contributed by atoms with van der Waals surface area (Å²) in [6, 6.07) is 15.9. The van der Waals surface area contributed by atoms with Crippen molar-refractivity contribution in [1.29, 1.82) is 0 Å². The van der Waals surface area contributed by atoms with Crippen LogP contribution in [0.1, 0.15) is 42.0 Å². The van der Waals surface area contributed by atoms with E-state index in [2.05, 4.69) is 60.4 Å². The normalized spacial score (nSPS) is 18.1. The van der Waals surface area contributed by atoms with E-state index in [0.717, 1.165) is 44.5 Å². The predicted octanol–water partition coefficient (Wildman–Crippen LogP) is 4.86. The molecule has 2 aromatic rings. The zero-order chi connectivity index (χ0) is 17.2. The van der Waals surface area contributed by atoms with Crippen molar-refractivity contribution in [3.63, 3.8) is 0 Å². The van der Waals surface area contributed by atoms with Gasteiger partial charge in [-0.05, 0) is 54.0 Å². The van der Waals surface area contributed by atoms with E-state index in [1.807, 2.05) is 0 Å². The molecule has 2 heteroatoms. The van der Waals surface area contributed by atoms with E-state index < -0.39 is 0 Å². The van der Waals surface area contributed by atoms with Crippen LogP contribution in [0, 0.1) is 0 Å². The lowest BCUT2D eigenvalue weighted by Gasteiger charge is -2.38. The van der Waals surface area contributed by atoms with Gasteiger partial charge in [-0.15, -0.1) is 0 Å². The summed E-state index contributed by atoms with van der Waals surface area (Å²) < 4.78 is 5.63. The molecule has 1 aliphatic heterocycles. The molecule has 0 saturated carbocycles. The summed E-state index contributed by atoms with van der Waals surface area (Å²) in [6.07, 6.45) is 6.97. The number of hydrogen-bond donors (Lipinski definition) is 0. The van der Waals surface area contributed by atoms with Crippen LogP contribution in [-0.4, -0.2) is 24.6 Å². The van der Waals surface area contributed by atoms with E-state index in [1.54, 1.807) is 7.11 Å². The molecule has 0 spiro atoms. The van der Waals surface area contributed by atoms with Gasteiger partial charge in [-0.1, -0.05) is 49.4 Å². The molecule has 0 fully saturated rings. The van der Waals surface area contributed by atoms with Gasteiger partial charge in [0.2, 0.25) is 0 Å². The topological polar surface area (TPSA) is 12.5 Å². The summed E-state index contributed by atoms with van der Waals surface area (Å²) in [4.78, 5) is 2.67. The lowest BCUT2D eigenvalue weighted by Crippen LogP contribution is -2.40. The molecule has 2 nitrogen and oxygen atoms in total. The lowest BCUT2D eigenvalue weighted by atomic mass is 9.84. The molecule has 0 radical (unpaired) electrons. The van der Waals surface area contributed by atoms with Gasteiger partial charge in [-0.2, -0.15) is 0 Å². The maximum absolute atomic E-state index is 5.63. The van der Waals surface area contributed by atoms with Crippen molar-refractivity contribution in [1.82, 2.24) is 4.90 Å². The Balaban J connectivity index is 1.66. The molecule has 0 saturated heterocycles. The Labute approximate surface area is 151 Å². The monoisotopic (exact) mass is 333 g/mol. The number of nitrogens with zero attached hydrogens (tertiary/aromatic N) is 1. The first-order valence-corrected chi connectivity index (χ1v) is 9.49. The summed E-state index contributed by atoms with van der Waals surface area (Å²) >= 11 is 0. The number of hydrogen-bond acceptors (Lipinski definition) is 2. The van der Waals surface area contributed by atoms with Crippen LogP contribution in [0.15, 0.2) is 48.5 Å². The molecule has 1 unspecified atom stereocenters. The highest BCUT2D eigenvalue weighted by Gasteiger charge is 2.28. The van der Waals surface area contributed by atoms with E-state index in [4.69, 9.17) is 4.74 Å². The number of fused-ring (bicyclic) bond motifs is 2. The largest absolute Gasteiger partial charge is 0.496 e. The summed E-state index contributed by atoms with van der Waals surface area (Å²) in [6.45, 7) is 4.53. The van der Waals surface area contributed by atoms with E-state index in [0.29, 0.717) is 6.04 Å². The highest BCUT2D eigenvalue weighted by atomic mass is 16.5. The van der Waals surface area contributed by atoms with Crippen molar-refractivity contribution < 1.29 is 4.74 Å². The highest BCUT2D eigenvalue weighted by Crippen LogP contribution is 2.37. The predicted molar refractivity (Wildman–Crippen MR) is 104 cm³/mol. The average molecular weight is 333 g/mol. The van der Waals surface area contributed by atoms with E-state index in [-0.39, 0.29) is 0 Å². The van der Waals surface area contributed by atoms with Crippen molar-refractivity contribution in [3.05, 3.63) is 70.8 Å². The van der Waals surface area contributed by atoms with Crippen LogP contribution in [0.4, 0.5) is 0 Å². The first-order chi connectivity index (χ1) is 12.3. The molecule has 4 rings (SSSR count). The fourth-order valence-corrected chi connectivity index (χ4v) is 4.54. The molecule has 0 aromatic heterocycles. The lowest BCUT2D eigenvalue weighted by molar-refractivity contribution is 0.212. The Morgan fingerprint density at radius 3 is 2.68 bits per heavy atom. The molecular formula is C23H27NO. The van der Waals surface area contributed by atoms with Crippen LogP contribution in [-0.2, 0) is 19.4 Å². The van der Waals surface area contributed by atoms with Gasteiger partial charge in [-0.3, -0.25) is 4.90 Å². The minimum atomic E-state index is 0.486. The number of allylic oxidation sites excluding steroid dienone is 1. The van der Waals surface area contributed by atoms with Gasteiger partial charge >= 0.3 is 0 Å². The molecule has 1 aliphatic carbocycles. The zero-order valence-corrected chi connectivity index (χ0v) is 15.3. The highest BCUT2D eigenvalue weighted by molar-refractivity contribution is 5.75. The van der Waals surface area contributed by atoms with Gasteiger partial charge in [-0.25, -0.2) is 0 Å². The minimum absolute atomic E-state index is 0.486. The standard InChI is InChI=1S/C23H27NO/c1-3-22(24-15-14-17-8-4-5-9-18(17)16-24)20-11-6-12-21-19(20)10-7-13-23(21)25-2/h4-5,7-11,13,22H,3,6,12,14-16H2,1-2H3. The molecule has 25 heavy (non-hydrogen) atoms. The van der Waals surface area contributed by atoms with Crippen LogP contribution in [0.2, 0.25) is 0 Å². The van der Waals surface area contributed by atoms with Gasteiger partial charge in [0.25, 0.3) is 0 Å². The van der Waals surface area contributed by atoms with Crippen molar-refractivity contribution in [3.8, 4) is 5.75 Å². The molecule has 1 heterocycles. The van der Waals surface area contributed by atoms with Crippen molar-refractivity contribution in [2.45, 2.75) is 45.2 Å². The number of benzene rings is 2. The molecule has 0 N–H and O–H groups in total. The summed E-state index contributed by atoms with van der Waals surface area (Å²) in [5.41, 5.74) is 7.31. The first-order valence-electron chi connectivity index (χ1n) is 9.49. The smallest absolute Gasteiger partial charge is 0.122 e. The average Bonchev–Trinajstić information content (AvgIpc) is 2.68. The quantitative estimate of drug-likeness (QED) is 0.792. The SMILES string of the molecule is CCC(C1=CCCc2c(OC)cccc21)N1CCc2ccccc2C1. The van der Waals surface area contributed by atoms with E-state index in [1.165, 1.54) is 27.8 Å². The molecule has 0 amide bonds. The number of ether oxygens (including phenoxy) is 1. The third-order valence-electron chi connectivity index (χ3n) is 5.77. The molecule has 1 atom stereocenters. The summed E-state index contributed by atoms with van der Waals surface area (Å²) in [5.74, 6) is 1.04.